The number of hydrogen-bond donors (Lipinski definition) is 0. The minimum atomic E-state index is -1.64. The van der Waals surface area contributed by atoms with Crippen LogP contribution in [0.5, 0.6) is 0 Å². The molecule has 2 atom stereocenters. The van der Waals surface area contributed by atoms with Gasteiger partial charge in [-0.05, 0) is 103 Å². The van der Waals surface area contributed by atoms with Crippen molar-refractivity contribution in [2.45, 2.75) is 180 Å². The summed E-state index contributed by atoms with van der Waals surface area (Å²) in [6.45, 7) is 4.52. The van der Waals surface area contributed by atoms with E-state index in [9.17, 15) is 19.5 Å². The van der Waals surface area contributed by atoms with E-state index in [4.69, 9.17) is 18.9 Å². The molecule has 9 heteroatoms. The molecular weight excluding hydrogens is 815 g/mol. The van der Waals surface area contributed by atoms with Crippen molar-refractivity contribution in [1.29, 1.82) is 0 Å². The molecule has 0 fully saturated rings. The highest BCUT2D eigenvalue weighted by molar-refractivity contribution is 5.70. The average Bonchev–Trinajstić information content (AvgIpc) is 3.27. The predicted octanol–water partition coefficient (Wildman–Crippen LogP) is 12.7. The summed E-state index contributed by atoms with van der Waals surface area (Å²) in [5.74, 6) is -2.37. The number of esters is 2. The first kappa shape index (κ1) is 60.9. The number of carbonyl (C=O) groups excluding carboxylic acids is 3. The zero-order valence-corrected chi connectivity index (χ0v) is 41.6. The van der Waals surface area contributed by atoms with Crippen molar-refractivity contribution >= 4 is 17.9 Å². The third-order valence-corrected chi connectivity index (χ3v) is 10.0. The maximum Gasteiger partial charge on any atom is 0.306 e. The van der Waals surface area contributed by atoms with Crippen LogP contribution in [0.15, 0.2) is 109 Å². The van der Waals surface area contributed by atoms with Crippen LogP contribution in [0.25, 0.3) is 0 Å². The summed E-state index contributed by atoms with van der Waals surface area (Å²) in [4.78, 5) is 37.1. The Bertz CT molecular complexity index is 1430. The highest BCUT2D eigenvalue weighted by atomic mass is 16.7. The number of carbonyl (C=O) groups is 3. The zero-order valence-electron chi connectivity index (χ0n) is 41.6. The van der Waals surface area contributed by atoms with E-state index in [1.807, 2.05) is 21.1 Å². The second kappa shape index (κ2) is 46.5. The normalized spacial score (nSPS) is 13.8. The van der Waals surface area contributed by atoms with E-state index in [1.165, 1.54) is 32.1 Å². The third kappa shape index (κ3) is 47.7. The first-order valence-corrected chi connectivity index (χ1v) is 25.0. The predicted molar refractivity (Wildman–Crippen MR) is 269 cm³/mol. The van der Waals surface area contributed by atoms with Gasteiger partial charge in [-0.2, -0.15) is 0 Å². The number of nitrogens with zero attached hydrogens (tertiary/aromatic N) is 1. The Morgan fingerprint density at radius 1 is 0.477 bits per heavy atom. The smallest absolute Gasteiger partial charge is 0.306 e. The summed E-state index contributed by atoms with van der Waals surface area (Å²) in [5.41, 5.74) is 0. The second-order valence-electron chi connectivity index (χ2n) is 17.4. The van der Waals surface area contributed by atoms with Crippen LogP contribution < -0.4 is 5.11 Å². The van der Waals surface area contributed by atoms with Crippen LogP contribution in [0.1, 0.15) is 168 Å². The number of likely N-dealkylation sites (N-methyl/N-ethyl adjacent to an activating group) is 1. The number of carboxylic acid groups (broad SMARTS) is 1. The van der Waals surface area contributed by atoms with Crippen LogP contribution in [-0.4, -0.2) is 82.3 Å². The fraction of sp³-hybridized carbons (Fsp3) is 0.625. The maximum absolute atomic E-state index is 12.8. The van der Waals surface area contributed by atoms with Gasteiger partial charge >= 0.3 is 11.9 Å². The van der Waals surface area contributed by atoms with Crippen molar-refractivity contribution in [2.75, 3.05) is 47.5 Å². The summed E-state index contributed by atoms with van der Waals surface area (Å²) in [7, 11) is 5.88. The number of aliphatic carboxylic acids is 1. The molecule has 368 valence electrons. The van der Waals surface area contributed by atoms with Crippen molar-refractivity contribution < 1.29 is 42.9 Å². The maximum atomic E-state index is 12.8. The van der Waals surface area contributed by atoms with Crippen LogP contribution >= 0.6 is 0 Å². The number of allylic oxidation sites excluding steroid dienone is 18. The summed E-state index contributed by atoms with van der Waals surface area (Å²) in [6.07, 6.45) is 59.9. The monoisotopic (exact) mass is 906 g/mol. The average molecular weight is 906 g/mol. The molecule has 0 saturated heterocycles. The van der Waals surface area contributed by atoms with Crippen molar-refractivity contribution in [3.8, 4) is 0 Å². The molecule has 0 radical (unpaired) electrons. The first-order valence-electron chi connectivity index (χ1n) is 25.0. The van der Waals surface area contributed by atoms with Crippen molar-refractivity contribution in [3.63, 3.8) is 0 Å². The SMILES string of the molecule is CC/C=C\C/C=C\C/C=C\C/C=C\C/C=C\C/C=C\C/C=C\C/C=C\CCCCC(=O)OC(COC(=O)CCCCCCC/C=C\CCCCCC)COC(OCC[N+](C)(C)C)C(=O)[O-]. The van der Waals surface area contributed by atoms with E-state index in [0.29, 0.717) is 17.4 Å². The molecule has 0 aliphatic heterocycles. The minimum Gasteiger partial charge on any atom is -0.545 e. The lowest BCUT2D eigenvalue weighted by molar-refractivity contribution is -0.870. The molecule has 0 amide bonds. The standard InChI is InChI=1S/C56H91NO8/c1-6-8-10-12-14-16-18-20-21-22-23-24-25-26-27-28-29-30-31-32-33-35-37-39-41-43-45-47-54(59)65-52(51-64-56(55(60)61)62-49-48-57(3,4)5)50-63-53(58)46-44-42-40-38-36-34-19-17-15-13-11-9-7-2/h8,10,14,16-17,19-21,23-24,26-27,29-30,32-33,37,39,52,56H,6-7,9,11-13,15,18,22,25,28,31,34-36,38,40-51H2,1-5H3/b10-8-,16-14-,19-17-,21-20-,24-23-,27-26-,30-29-,33-32-,39-37-. The van der Waals surface area contributed by atoms with E-state index in [2.05, 4.69) is 123 Å². The summed E-state index contributed by atoms with van der Waals surface area (Å²) in [5, 5.41) is 11.7. The number of rotatable bonds is 44. The number of ether oxygens (including phenoxy) is 4. The minimum absolute atomic E-state index is 0.131. The molecule has 0 aliphatic rings. The Labute approximate surface area is 396 Å². The zero-order chi connectivity index (χ0) is 47.7. The van der Waals surface area contributed by atoms with Gasteiger partial charge in [-0.1, -0.05) is 162 Å². The Balaban J connectivity index is 4.46. The second-order valence-corrected chi connectivity index (χ2v) is 17.4. The summed E-state index contributed by atoms with van der Waals surface area (Å²) >= 11 is 0. The number of quaternary nitrogens is 1. The molecule has 0 aliphatic carbocycles. The van der Waals surface area contributed by atoms with Crippen LogP contribution in [0, 0.1) is 0 Å². The number of unbranched alkanes of at least 4 members (excludes halogenated alkanes) is 11. The van der Waals surface area contributed by atoms with E-state index in [0.717, 1.165) is 103 Å². The molecule has 2 unspecified atom stereocenters. The van der Waals surface area contributed by atoms with Gasteiger partial charge in [-0.15, -0.1) is 0 Å². The van der Waals surface area contributed by atoms with Crippen molar-refractivity contribution in [2.24, 2.45) is 0 Å². The summed E-state index contributed by atoms with van der Waals surface area (Å²) < 4.78 is 22.5. The lowest BCUT2D eigenvalue weighted by Gasteiger charge is -2.26. The van der Waals surface area contributed by atoms with Gasteiger partial charge in [0, 0.05) is 12.8 Å². The van der Waals surface area contributed by atoms with E-state index in [-0.39, 0.29) is 38.6 Å². The Morgan fingerprint density at radius 2 is 0.877 bits per heavy atom. The van der Waals surface area contributed by atoms with Gasteiger partial charge in [-0.25, -0.2) is 0 Å². The summed E-state index contributed by atoms with van der Waals surface area (Å²) in [6, 6.07) is 0. The molecular formula is C56H91NO8. The Morgan fingerprint density at radius 3 is 1.35 bits per heavy atom. The fourth-order valence-corrected chi connectivity index (χ4v) is 6.13. The molecule has 0 N–H and O–H groups in total. The molecule has 0 spiro atoms. The van der Waals surface area contributed by atoms with Gasteiger partial charge in [0.05, 0.1) is 40.3 Å². The molecule has 0 bridgehead atoms. The molecule has 0 heterocycles. The molecule has 0 saturated carbocycles. The van der Waals surface area contributed by atoms with Crippen LogP contribution in [-0.2, 0) is 33.3 Å². The third-order valence-electron chi connectivity index (χ3n) is 10.0. The quantitative estimate of drug-likeness (QED) is 0.0195. The first-order chi connectivity index (χ1) is 31.6. The van der Waals surface area contributed by atoms with Crippen LogP contribution in [0.2, 0.25) is 0 Å². The lowest BCUT2D eigenvalue weighted by atomic mass is 10.1. The van der Waals surface area contributed by atoms with Gasteiger partial charge in [0.2, 0.25) is 0 Å². The Kier molecular flexibility index (Phi) is 43.6. The molecule has 9 nitrogen and oxygen atoms in total. The highest BCUT2D eigenvalue weighted by Crippen LogP contribution is 2.12. The fourth-order valence-electron chi connectivity index (χ4n) is 6.13. The topological polar surface area (TPSA) is 111 Å². The van der Waals surface area contributed by atoms with E-state index >= 15 is 0 Å². The highest BCUT2D eigenvalue weighted by Gasteiger charge is 2.21. The van der Waals surface area contributed by atoms with E-state index < -0.39 is 24.3 Å². The van der Waals surface area contributed by atoms with Gasteiger partial charge < -0.3 is 33.3 Å². The molecule has 0 rings (SSSR count). The van der Waals surface area contributed by atoms with Crippen LogP contribution in [0.4, 0.5) is 0 Å². The van der Waals surface area contributed by atoms with E-state index in [1.54, 1.807) is 0 Å². The van der Waals surface area contributed by atoms with Gasteiger partial charge in [-0.3, -0.25) is 9.59 Å². The Hall–Kier alpha value is -4.05. The molecule has 65 heavy (non-hydrogen) atoms. The lowest BCUT2D eigenvalue weighted by Crippen LogP contribution is -2.44. The van der Waals surface area contributed by atoms with Crippen molar-refractivity contribution in [1.82, 2.24) is 0 Å². The van der Waals surface area contributed by atoms with Crippen LogP contribution in [0.3, 0.4) is 0 Å². The molecule has 0 aromatic carbocycles. The largest absolute Gasteiger partial charge is 0.545 e. The number of hydrogen-bond acceptors (Lipinski definition) is 8. The van der Waals surface area contributed by atoms with Gasteiger partial charge in [0.1, 0.15) is 13.2 Å². The number of carboxylic acids is 1. The molecule has 0 aromatic rings. The van der Waals surface area contributed by atoms with Gasteiger partial charge in [0.25, 0.3) is 0 Å². The molecule has 0 aromatic heterocycles. The van der Waals surface area contributed by atoms with Crippen molar-refractivity contribution in [3.05, 3.63) is 109 Å². The van der Waals surface area contributed by atoms with Gasteiger partial charge in [0.15, 0.2) is 12.4 Å².